The van der Waals surface area contributed by atoms with E-state index in [1.807, 2.05) is 0 Å². The monoisotopic (exact) mass is 399 g/mol. The topological polar surface area (TPSA) is 12.0 Å². The van der Waals surface area contributed by atoms with Crippen molar-refractivity contribution in [3.8, 4) is 0 Å². The van der Waals surface area contributed by atoms with E-state index in [1.165, 1.54) is 54.1 Å². The van der Waals surface area contributed by atoms with Crippen LogP contribution in [-0.2, 0) is 6.42 Å². The van der Waals surface area contributed by atoms with Crippen molar-refractivity contribution in [3.05, 3.63) is 33.4 Å². The number of rotatable bonds is 7. The van der Waals surface area contributed by atoms with Gasteiger partial charge in [0.1, 0.15) is 0 Å². The second kappa shape index (κ2) is 9.14. The summed E-state index contributed by atoms with van der Waals surface area (Å²) in [6.07, 6.45) is 9.52. The Labute approximate surface area is 144 Å². The Hall–Kier alpha value is -0.0900. The van der Waals surface area contributed by atoms with Crippen molar-refractivity contribution in [2.75, 3.05) is 6.54 Å². The number of hydrogen-bond donors (Lipinski definition) is 1. The van der Waals surface area contributed by atoms with Crippen LogP contribution in [0.25, 0.3) is 0 Å². The van der Waals surface area contributed by atoms with Crippen LogP contribution in [0.3, 0.4) is 0 Å². The molecular formula is C19H30IN. The quantitative estimate of drug-likeness (QED) is 0.604. The molecule has 1 saturated carbocycles. The summed E-state index contributed by atoms with van der Waals surface area (Å²) in [6, 6.07) is 9.75. The third-order valence-electron chi connectivity index (χ3n) is 5.06. The molecule has 0 aromatic heterocycles. The van der Waals surface area contributed by atoms with Crippen LogP contribution in [0.1, 0.15) is 57.9 Å². The highest BCUT2D eigenvalue weighted by atomic mass is 127. The summed E-state index contributed by atoms with van der Waals surface area (Å²) < 4.78 is 1.33. The van der Waals surface area contributed by atoms with E-state index in [0.29, 0.717) is 6.04 Å². The molecule has 1 aliphatic carbocycles. The van der Waals surface area contributed by atoms with Gasteiger partial charge in [0.2, 0.25) is 0 Å². The zero-order valence-electron chi connectivity index (χ0n) is 13.6. The van der Waals surface area contributed by atoms with Crippen molar-refractivity contribution < 1.29 is 0 Å². The van der Waals surface area contributed by atoms with Gasteiger partial charge in [-0.15, -0.1) is 0 Å². The maximum absolute atomic E-state index is 3.83. The lowest BCUT2D eigenvalue weighted by Gasteiger charge is -2.34. The van der Waals surface area contributed by atoms with Gasteiger partial charge in [0.15, 0.2) is 0 Å². The van der Waals surface area contributed by atoms with E-state index in [4.69, 9.17) is 0 Å². The van der Waals surface area contributed by atoms with E-state index in [0.717, 1.165) is 18.4 Å². The van der Waals surface area contributed by atoms with E-state index < -0.39 is 0 Å². The Morgan fingerprint density at radius 2 is 1.76 bits per heavy atom. The molecule has 1 atom stereocenters. The molecule has 2 heteroatoms. The normalized spacial score (nSPS) is 24.0. The molecule has 1 aromatic rings. The Bertz CT molecular complexity index is 393. The Morgan fingerprint density at radius 1 is 1.10 bits per heavy atom. The lowest BCUT2D eigenvalue weighted by atomic mass is 9.76. The fraction of sp³-hybridized carbons (Fsp3) is 0.684. The van der Waals surface area contributed by atoms with Gasteiger partial charge < -0.3 is 5.32 Å². The third-order valence-corrected chi connectivity index (χ3v) is 5.78. The molecule has 0 saturated heterocycles. The number of halogens is 1. The van der Waals surface area contributed by atoms with E-state index >= 15 is 0 Å². The van der Waals surface area contributed by atoms with Crippen molar-refractivity contribution in [2.45, 2.75) is 64.8 Å². The van der Waals surface area contributed by atoms with Crippen LogP contribution in [0.5, 0.6) is 0 Å². The minimum Gasteiger partial charge on any atom is -0.313 e. The third kappa shape index (κ3) is 5.55. The Morgan fingerprint density at radius 3 is 2.33 bits per heavy atom. The van der Waals surface area contributed by atoms with Crippen molar-refractivity contribution in [1.82, 2.24) is 5.32 Å². The van der Waals surface area contributed by atoms with E-state index in [2.05, 4.69) is 66.0 Å². The van der Waals surface area contributed by atoms with Crippen molar-refractivity contribution in [1.29, 1.82) is 0 Å². The molecule has 0 spiro atoms. The van der Waals surface area contributed by atoms with E-state index in [1.54, 1.807) is 0 Å². The van der Waals surface area contributed by atoms with Gasteiger partial charge in [-0.05, 0) is 84.4 Å². The number of nitrogens with one attached hydrogen (secondary N) is 1. The highest BCUT2D eigenvalue weighted by Gasteiger charge is 2.26. The summed E-state index contributed by atoms with van der Waals surface area (Å²) in [7, 11) is 0. The first-order valence-electron chi connectivity index (χ1n) is 8.70. The van der Waals surface area contributed by atoms with Crippen LogP contribution >= 0.6 is 22.6 Å². The fourth-order valence-electron chi connectivity index (χ4n) is 3.61. The molecule has 2 rings (SSSR count). The zero-order valence-corrected chi connectivity index (χ0v) is 15.7. The molecule has 0 aliphatic heterocycles. The van der Waals surface area contributed by atoms with Crippen molar-refractivity contribution >= 4 is 22.6 Å². The molecule has 1 aromatic carbocycles. The smallest absolute Gasteiger partial charge is 0.0136 e. The molecule has 0 radical (unpaired) electrons. The lowest BCUT2D eigenvalue weighted by Crippen LogP contribution is -2.40. The minimum atomic E-state index is 0.669. The molecule has 21 heavy (non-hydrogen) atoms. The molecule has 1 N–H and O–H groups in total. The van der Waals surface area contributed by atoms with Crippen LogP contribution < -0.4 is 5.32 Å². The highest BCUT2D eigenvalue weighted by molar-refractivity contribution is 14.1. The summed E-state index contributed by atoms with van der Waals surface area (Å²) in [5, 5.41) is 3.83. The predicted octanol–water partition coefficient (Wildman–Crippen LogP) is 5.42. The van der Waals surface area contributed by atoms with Gasteiger partial charge in [0, 0.05) is 9.61 Å². The largest absolute Gasteiger partial charge is 0.313 e. The summed E-state index contributed by atoms with van der Waals surface area (Å²) in [5.74, 6) is 1.87. The van der Waals surface area contributed by atoms with Crippen LogP contribution in [0.15, 0.2) is 24.3 Å². The van der Waals surface area contributed by atoms with Crippen molar-refractivity contribution in [3.63, 3.8) is 0 Å². The molecule has 1 fully saturated rings. The molecule has 0 amide bonds. The molecule has 0 heterocycles. The van der Waals surface area contributed by atoms with Crippen LogP contribution in [0, 0.1) is 15.4 Å². The van der Waals surface area contributed by atoms with Gasteiger partial charge in [-0.2, -0.15) is 0 Å². The van der Waals surface area contributed by atoms with Crippen molar-refractivity contribution in [2.24, 2.45) is 11.8 Å². The Balaban J connectivity index is 1.95. The van der Waals surface area contributed by atoms with Gasteiger partial charge >= 0.3 is 0 Å². The van der Waals surface area contributed by atoms with Crippen LogP contribution in [0.2, 0.25) is 0 Å². The lowest BCUT2D eigenvalue weighted by molar-refractivity contribution is 0.216. The van der Waals surface area contributed by atoms with Gasteiger partial charge in [0.05, 0.1) is 0 Å². The van der Waals surface area contributed by atoms with Gasteiger partial charge in [-0.25, -0.2) is 0 Å². The second-order valence-corrected chi connectivity index (χ2v) is 7.83. The SMILES string of the molecule is CCCNC(Cc1ccc(I)cc1)C1CCC(CC)CC1. The maximum Gasteiger partial charge on any atom is 0.0136 e. The highest BCUT2D eigenvalue weighted by Crippen LogP contribution is 2.33. The standard InChI is InChI=1S/C19H30IN/c1-3-13-21-19(14-16-7-11-18(20)12-8-16)17-9-5-15(4-2)6-10-17/h7-8,11-12,15,17,19,21H,3-6,9-10,13-14H2,1-2H3. The second-order valence-electron chi connectivity index (χ2n) is 6.58. The average molecular weight is 399 g/mol. The first-order valence-corrected chi connectivity index (χ1v) is 9.78. The summed E-state index contributed by atoms with van der Waals surface area (Å²) in [6.45, 7) is 5.77. The number of hydrogen-bond acceptors (Lipinski definition) is 1. The zero-order chi connectivity index (χ0) is 15.1. The first-order chi connectivity index (χ1) is 10.2. The molecule has 0 bridgehead atoms. The van der Waals surface area contributed by atoms with Gasteiger partial charge in [0.25, 0.3) is 0 Å². The van der Waals surface area contributed by atoms with Crippen LogP contribution in [-0.4, -0.2) is 12.6 Å². The van der Waals surface area contributed by atoms with Gasteiger partial charge in [-0.3, -0.25) is 0 Å². The molecule has 118 valence electrons. The number of benzene rings is 1. The average Bonchev–Trinajstić information content (AvgIpc) is 2.53. The van der Waals surface area contributed by atoms with E-state index in [-0.39, 0.29) is 0 Å². The summed E-state index contributed by atoms with van der Waals surface area (Å²) in [5.41, 5.74) is 1.49. The van der Waals surface area contributed by atoms with E-state index in [9.17, 15) is 0 Å². The maximum atomic E-state index is 3.83. The van der Waals surface area contributed by atoms with Gasteiger partial charge in [-0.1, -0.05) is 45.2 Å². The molecule has 1 unspecified atom stereocenters. The first kappa shape index (κ1) is 17.3. The predicted molar refractivity (Wildman–Crippen MR) is 101 cm³/mol. The summed E-state index contributed by atoms with van der Waals surface area (Å²) in [4.78, 5) is 0. The van der Waals surface area contributed by atoms with Crippen LogP contribution in [0.4, 0.5) is 0 Å². The molecular weight excluding hydrogens is 369 g/mol. The Kier molecular flexibility index (Phi) is 7.51. The molecule has 1 nitrogen and oxygen atoms in total. The fourth-order valence-corrected chi connectivity index (χ4v) is 3.97. The molecule has 1 aliphatic rings. The minimum absolute atomic E-state index is 0.669. The summed E-state index contributed by atoms with van der Waals surface area (Å²) >= 11 is 2.39.